The van der Waals surface area contributed by atoms with E-state index >= 15 is 0 Å². The van der Waals surface area contributed by atoms with Crippen molar-refractivity contribution in [3.05, 3.63) is 99.0 Å². The lowest BCUT2D eigenvalue weighted by Crippen LogP contribution is -2.21. The summed E-state index contributed by atoms with van der Waals surface area (Å²) in [5.41, 5.74) is 9.99. The molecule has 0 spiro atoms. The average Bonchev–Trinajstić information content (AvgIpc) is 3.17. The minimum absolute atomic E-state index is 0.0734. The van der Waals surface area contributed by atoms with E-state index in [0.29, 0.717) is 23.8 Å². The number of rotatable bonds is 4. The van der Waals surface area contributed by atoms with Gasteiger partial charge in [-0.1, -0.05) is 42.5 Å². The molecule has 3 aromatic carbocycles. The molecule has 2 heterocycles. The normalized spacial score (nSPS) is 15.2. The highest BCUT2D eigenvalue weighted by Gasteiger charge is 2.34. The van der Waals surface area contributed by atoms with Gasteiger partial charge < -0.3 is 15.2 Å². The quantitative estimate of drug-likeness (QED) is 0.400. The van der Waals surface area contributed by atoms with Crippen LogP contribution in [0.1, 0.15) is 28.3 Å². The molecule has 0 saturated heterocycles. The second-order valence-corrected chi connectivity index (χ2v) is 8.51. The molecule has 32 heavy (non-hydrogen) atoms. The number of nitriles is 1. The molecule has 4 aromatic rings. The fourth-order valence-electron chi connectivity index (χ4n) is 4.04. The molecule has 0 amide bonds. The van der Waals surface area contributed by atoms with Gasteiger partial charge in [-0.3, -0.25) is 5.10 Å². The lowest BCUT2D eigenvalue weighted by atomic mass is 9.84. The Balaban J connectivity index is 1.43. The predicted octanol–water partition coefficient (Wildman–Crippen LogP) is 5.43. The number of benzene rings is 3. The SMILES string of the molecule is Cc1[nH]nc2c1[C@H](c1ccc(OCc3ccc4ccccc4c3)c(Br)c1)C(C#N)=C(N)O2. The van der Waals surface area contributed by atoms with Gasteiger partial charge in [0.15, 0.2) is 0 Å². The van der Waals surface area contributed by atoms with Crippen molar-refractivity contribution in [1.82, 2.24) is 10.2 Å². The highest BCUT2D eigenvalue weighted by Crippen LogP contribution is 2.44. The average molecular weight is 487 g/mol. The summed E-state index contributed by atoms with van der Waals surface area (Å²) in [5.74, 6) is 0.822. The van der Waals surface area contributed by atoms with Crippen LogP contribution >= 0.6 is 15.9 Å². The molecular weight excluding hydrogens is 468 g/mol. The van der Waals surface area contributed by atoms with Gasteiger partial charge in [-0.2, -0.15) is 5.26 Å². The number of fused-ring (bicyclic) bond motifs is 2. The van der Waals surface area contributed by atoms with Crippen molar-refractivity contribution >= 4 is 26.7 Å². The topological polar surface area (TPSA) is 97.0 Å². The number of allylic oxidation sites excluding steroid dienone is 1. The van der Waals surface area contributed by atoms with E-state index in [-0.39, 0.29) is 11.8 Å². The highest BCUT2D eigenvalue weighted by molar-refractivity contribution is 9.10. The van der Waals surface area contributed by atoms with E-state index in [4.69, 9.17) is 15.2 Å². The number of aryl methyl sites for hydroxylation is 1. The fourth-order valence-corrected chi connectivity index (χ4v) is 4.55. The van der Waals surface area contributed by atoms with Crippen LogP contribution in [-0.4, -0.2) is 10.2 Å². The molecule has 6 nitrogen and oxygen atoms in total. The summed E-state index contributed by atoms with van der Waals surface area (Å²) in [4.78, 5) is 0. The van der Waals surface area contributed by atoms with Gasteiger partial charge in [0.2, 0.25) is 11.8 Å². The monoisotopic (exact) mass is 486 g/mol. The smallest absolute Gasteiger partial charge is 0.244 e. The number of nitrogens with two attached hydrogens (primary N) is 1. The van der Waals surface area contributed by atoms with Gasteiger partial charge in [0.1, 0.15) is 24.0 Å². The molecular formula is C25H19BrN4O2. The first kappa shape index (κ1) is 20.2. The summed E-state index contributed by atoms with van der Waals surface area (Å²) >= 11 is 3.62. The molecule has 0 fully saturated rings. The summed E-state index contributed by atoms with van der Waals surface area (Å²) < 4.78 is 12.4. The number of aromatic amines is 1. The van der Waals surface area contributed by atoms with Gasteiger partial charge in [-0.05, 0) is 63.0 Å². The Kier molecular flexibility index (Phi) is 5.08. The predicted molar refractivity (Wildman–Crippen MR) is 125 cm³/mol. The Hall–Kier alpha value is -3.76. The Bertz CT molecular complexity index is 1420. The number of aromatic nitrogens is 2. The van der Waals surface area contributed by atoms with Crippen LogP contribution in [0.3, 0.4) is 0 Å². The number of H-pyrrole nitrogens is 1. The van der Waals surface area contributed by atoms with Crippen molar-refractivity contribution in [3.63, 3.8) is 0 Å². The Morgan fingerprint density at radius 1 is 1.16 bits per heavy atom. The van der Waals surface area contributed by atoms with Crippen molar-refractivity contribution < 1.29 is 9.47 Å². The summed E-state index contributed by atoms with van der Waals surface area (Å²) in [6.07, 6.45) is 0. The largest absolute Gasteiger partial charge is 0.488 e. The molecule has 0 unspecified atom stereocenters. The van der Waals surface area contributed by atoms with E-state index in [9.17, 15) is 5.26 Å². The molecule has 0 bridgehead atoms. The van der Waals surface area contributed by atoms with Gasteiger partial charge in [0, 0.05) is 11.3 Å². The van der Waals surface area contributed by atoms with E-state index in [1.807, 2.05) is 37.3 Å². The molecule has 158 valence electrons. The third-order valence-electron chi connectivity index (χ3n) is 5.63. The summed E-state index contributed by atoms with van der Waals surface area (Å²) in [5, 5.41) is 19.2. The highest BCUT2D eigenvalue weighted by atomic mass is 79.9. The van der Waals surface area contributed by atoms with Gasteiger partial charge in [-0.15, -0.1) is 5.10 Å². The van der Waals surface area contributed by atoms with Gasteiger partial charge >= 0.3 is 0 Å². The van der Waals surface area contributed by atoms with Crippen LogP contribution in [-0.2, 0) is 6.61 Å². The first-order valence-corrected chi connectivity index (χ1v) is 10.9. The van der Waals surface area contributed by atoms with Crippen LogP contribution < -0.4 is 15.2 Å². The third kappa shape index (κ3) is 3.49. The lowest BCUT2D eigenvalue weighted by Gasteiger charge is -2.24. The number of ether oxygens (including phenoxy) is 2. The zero-order chi connectivity index (χ0) is 22.2. The maximum atomic E-state index is 9.72. The Morgan fingerprint density at radius 2 is 1.97 bits per heavy atom. The second kappa shape index (κ2) is 8.06. The van der Waals surface area contributed by atoms with Crippen molar-refractivity contribution in [1.29, 1.82) is 5.26 Å². The maximum absolute atomic E-state index is 9.72. The molecule has 1 atom stereocenters. The van der Waals surface area contributed by atoms with Crippen molar-refractivity contribution in [2.24, 2.45) is 5.73 Å². The number of nitrogens with zero attached hydrogens (tertiary/aromatic N) is 2. The zero-order valence-electron chi connectivity index (χ0n) is 17.2. The van der Waals surface area contributed by atoms with Crippen LogP contribution in [0.15, 0.2) is 76.6 Å². The van der Waals surface area contributed by atoms with Crippen LogP contribution in [0.4, 0.5) is 0 Å². The van der Waals surface area contributed by atoms with Crippen molar-refractivity contribution in [2.75, 3.05) is 0 Å². The molecule has 0 saturated carbocycles. The van der Waals surface area contributed by atoms with E-state index in [2.05, 4.69) is 62.5 Å². The van der Waals surface area contributed by atoms with Gasteiger partial charge in [-0.25, -0.2) is 0 Å². The summed E-state index contributed by atoms with van der Waals surface area (Å²) in [6, 6.07) is 22.5. The molecule has 0 aliphatic carbocycles. The van der Waals surface area contributed by atoms with Crippen molar-refractivity contribution in [2.45, 2.75) is 19.4 Å². The molecule has 1 aliphatic rings. The molecule has 0 radical (unpaired) electrons. The lowest BCUT2D eigenvalue weighted by molar-refractivity contribution is 0.304. The first-order chi connectivity index (χ1) is 15.5. The van der Waals surface area contributed by atoms with Crippen LogP contribution in [0.2, 0.25) is 0 Å². The van der Waals surface area contributed by atoms with Gasteiger partial charge in [0.05, 0.1) is 10.4 Å². The van der Waals surface area contributed by atoms with E-state index in [1.165, 1.54) is 10.8 Å². The van der Waals surface area contributed by atoms with E-state index in [1.54, 1.807) is 0 Å². The minimum atomic E-state index is -0.367. The maximum Gasteiger partial charge on any atom is 0.244 e. The number of hydrogen-bond donors (Lipinski definition) is 2. The molecule has 1 aliphatic heterocycles. The summed E-state index contributed by atoms with van der Waals surface area (Å²) in [7, 11) is 0. The third-order valence-corrected chi connectivity index (χ3v) is 6.25. The molecule has 1 aromatic heterocycles. The Morgan fingerprint density at radius 3 is 2.75 bits per heavy atom. The van der Waals surface area contributed by atoms with Crippen LogP contribution in [0, 0.1) is 18.3 Å². The van der Waals surface area contributed by atoms with E-state index in [0.717, 1.165) is 26.9 Å². The van der Waals surface area contributed by atoms with Crippen molar-refractivity contribution in [3.8, 4) is 17.7 Å². The first-order valence-electron chi connectivity index (χ1n) is 10.1. The number of nitrogens with one attached hydrogen (secondary N) is 1. The summed E-state index contributed by atoms with van der Waals surface area (Å²) in [6.45, 7) is 2.34. The minimum Gasteiger partial charge on any atom is -0.488 e. The van der Waals surface area contributed by atoms with Gasteiger partial charge in [0.25, 0.3) is 0 Å². The molecule has 7 heteroatoms. The fraction of sp³-hybridized carbons (Fsp3) is 0.120. The van der Waals surface area contributed by atoms with Crippen LogP contribution in [0.5, 0.6) is 11.6 Å². The van der Waals surface area contributed by atoms with E-state index < -0.39 is 0 Å². The molecule has 3 N–H and O–H groups in total. The second-order valence-electron chi connectivity index (χ2n) is 7.65. The number of halogens is 1. The Labute approximate surface area is 193 Å². The molecule has 5 rings (SSSR count). The standard InChI is InChI=1S/C25H19BrN4O2/c1-14-22-23(19(12-27)24(28)32-25(22)30-29-14)18-8-9-21(20(26)11-18)31-13-15-6-7-16-4-2-3-5-17(16)10-15/h2-11,23H,13,28H2,1H3,(H,29,30)/t23-/m1/s1. The number of hydrogen-bond acceptors (Lipinski definition) is 5. The zero-order valence-corrected chi connectivity index (χ0v) is 18.8. The van der Waals surface area contributed by atoms with Crippen LogP contribution in [0.25, 0.3) is 10.8 Å².